The molecule has 1 unspecified atom stereocenters. The van der Waals surface area contributed by atoms with Crippen LogP contribution in [-0.2, 0) is 0 Å². The fourth-order valence-corrected chi connectivity index (χ4v) is 4.67. The van der Waals surface area contributed by atoms with Crippen LogP contribution in [0.2, 0.25) is 0 Å². The molecule has 24 heavy (non-hydrogen) atoms. The van der Waals surface area contributed by atoms with E-state index in [0.29, 0.717) is 12.1 Å². The van der Waals surface area contributed by atoms with E-state index in [2.05, 4.69) is 57.5 Å². The monoisotopic (exact) mass is 387 g/mol. The quantitative estimate of drug-likeness (QED) is 0.696. The van der Waals surface area contributed by atoms with Crippen molar-refractivity contribution >= 4 is 27.0 Å². The SMILES string of the molecule is C=C1CCCC(c2nc3cc(Br)ccc3n2C2CCC(C)CC2)N1. The van der Waals surface area contributed by atoms with Gasteiger partial charge in [0.2, 0.25) is 0 Å². The number of fused-ring (bicyclic) bond motifs is 1. The molecule has 0 radical (unpaired) electrons. The van der Waals surface area contributed by atoms with E-state index in [1.54, 1.807) is 0 Å². The summed E-state index contributed by atoms with van der Waals surface area (Å²) in [6, 6.07) is 7.41. The van der Waals surface area contributed by atoms with Crippen LogP contribution in [0.1, 0.15) is 69.8 Å². The Hall–Kier alpha value is -1.29. The predicted molar refractivity (Wildman–Crippen MR) is 103 cm³/mol. The number of rotatable bonds is 2. The van der Waals surface area contributed by atoms with Crippen molar-refractivity contribution in [2.24, 2.45) is 5.92 Å². The lowest BCUT2D eigenvalue weighted by Gasteiger charge is -2.32. The summed E-state index contributed by atoms with van der Waals surface area (Å²) in [4.78, 5) is 5.06. The second kappa shape index (κ2) is 6.55. The van der Waals surface area contributed by atoms with Crippen LogP contribution in [0.25, 0.3) is 11.0 Å². The summed E-state index contributed by atoms with van der Waals surface area (Å²) in [6.07, 6.45) is 8.61. The van der Waals surface area contributed by atoms with Crippen molar-refractivity contribution in [1.29, 1.82) is 0 Å². The maximum Gasteiger partial charge on any atom is 0.132 e. The predicted octanol–water partition coefficient (Wildman–Crippen LogP) is 5.88. The second-order valence-electron chi connectivity index (χ2n) is 7.58. The molecule has 1 saturated carbocycles. The number of hydrogen-bond acceptors (Lipinski definition) is 2. The average molecular weight is 388 g/mol. The fraction of sp³-hybridized carbons (Fsp3) is 0.550. The highest BCUT2D eigenvalue weighted by Gasteiger charge is 2.28. The largest absolute Gasteiger partial charge is 0.379 e. The number of halogens is 1. The summed E-state index contributed by atoms with van der Waals surface area (Å²) in [5, 5.41) is 3.61. The van der Waals surface area contributed by atoms with E-state index in [4.69, 9.17) is 4.98 Å². The molecular formula is C20H26BrN3. The van der Waals surface area contributed by atoms with Crippen molar-refractivity contribution in [3.63, 3.8) is 0 Å². The highest BCUT2D eigenvalue weighted by Crippen LogP contribution is 2.38. The second-order valence-corrected chi connectivity index (χ2v) is 8.50. The van der Waals surface area contributed by atoms with E-state index >= 15 is 0 Å². The van der Waals surface area contributed by atoms with Gasteiger partial charge in [0.05, 0.1) is 17.1 Å². The standard InChI is InChI=1S/C20H26BrN3/c1-13-6-9-16(10-7-13)24-19-11-8-15(21)12-18(19)23-20(24)17-5-3-4-14(2)22-17/h8,11-13,16-17,22H,2-7,9-10H2,1H3. The van der Waals surface area contributed by atoms with Crippen LogP contribution >= 0.6 is 15.9 Å². The minimum absolute atomic E-state index is 0.303. The van der Waals surface area contributed by atoms with Crippen molar-refractivity contribution < 1.29 is 0 Å². The Morgan fingerprint density at radius 1 is 1.21 bits per heavy atom. The lowest BCUT2D eigenvalue weighted by molar-refractivity contribution is 0.282. The number of nitrogens with one attached hydrogen (secondary N) is 1. The number of piperidine rings is 1. The van der Waals surface area contributed by atoms with Crippen LogP contribution in [-0.4, -0.2) is 9.55 Å². The zero-order chi connectivity index (χ0) is 16.7. The Morgan fingerprint density at radius 2 is 2.00 bits per heavy atom. The minimum Gasteiger partial charge on any atom is -0.379 e. The molecule has 4 rings (SSSR count). The Balaban J connectivity index is 1.79. The van der Waals surface area contributed by atoms with Crippen molar-refractivity contribution in [1.82, 2.24) is 14.9 Å². The molecule has 1 saturated heterocycles. The Bertz CT molecular complexity index is 756. The van der Waals surface area contributed by atoms with Gasteiger partial charge in [-0.25, -0.2) is 4.98 Å². The van der Waals surface area contributed by atoms with Gasteiger partial charge in [0.1, 0.15) is 5.82 Å². The van der Waals surface area contributed by atoms with Gasteiger partial charge in [0.15, 0.2) is 0 Å². The molecule has 4 heteroatoms. The van der Waals surface area contributed by atoms with E-state index in [0.717, 1.165) is 34.4 Å². The van der Waals surface area contributed by atoms with Crippen LogP contribution in [0, 0.1) is 5.92 Å². The minimum atomic E-state index is 0.303. The van der Waals surface area contributed by atoms with E-state index in [-0.39, 0.29) is 0 Å². The summed E-state index contributed by atoms with van der Waals surface area (Å²) >= 11 is 3.60. The summed E-state index contributed by atoms with van der Waals surface area (Å²) in [5.41, 5.74) is 3.55. The van der Waals surface area contributed by atoms with Gasteiger partial charge in [0.25, 0.3) is 0 Å². The van der Waals surface area contributed by atoms with E-state index in [9.17, 15) is 0 Å². The highest BCUT2D eigenvalue weighted by atomic mass is 79.9. The van der Waals surface area contributed by atoms with E-state index in [1.165, 1.54) is 43.4 Å². The third kappa shape index (κ3) is 3.01. The number of nitrogens with zero attached hydrogens (tertiary/aromatic N) is 2. The zero-order valence-corrected chi connectivity index (χ0v) is 16.0. The molecule has 1 aromatic heterocycles. The van der Waals surface area contributed by atoms with Crippen molar-refractivity contribution in [3.05, 3.63) is 40.8 Å². The molecule has 1 atom stereocenters. The van der Waals surface area contributed by atoms with Gasteiger partial charge in [-0.05, 0) is 69.1 Å². The number of aromatic nitrogens is 2. The first-order chi connectivity index (χ1) is 11.6. The van der Waals surface area contributed by atoms with Gasteiger partial charge in [-0.1, -0.05) is 29.4 Å². The molecule has 2 heterocycles. The molecule has 128 valence electrons. The van der Waals surface area contributed by atoms with Gasteiger partial charge in [-0.15, -0.1) is 0 Å². The maximum atomic E-state index is 5.06. The van der Waals surface area contributed by atoms with Crippen molar-refractivity contribution in [3.8, 4) is 0 Å². The van der Waals surface area contributed by atoms with Gasteiger partial charge in [0, 0.05) is 16.2 Å². The summed E-state index contributed by atoms with van der Waals surface area (Å²) in [5.74, 6) is 2.07. The Morgan fingerprint density at radius 3 is 2.75 bits per heavy atom. The number of benzene rings is 1. The molecule has 1 aliphatic heterocycles. The maximum absolute atomic E-state index is 5.06. The molecule has 3 nitrogen and oxygen atoms in total. The first-order valence-electron chi connectivity index (χ1n) is 9.23. The lowest BCUT2D eigenvalue weighted by Crippen LogP contribution is -2.29. The molecule has 0 bridgehead atoms. The Kier molecular flexibility index (Phi) is 4.42. The van der Waals surface area contributed by atoms with Gasteiger partial charge in [-0.2, -0.15) is 0 Å². The van der Waals surface area contributed by atoms with Crippen molar-refractivity contribution in [2.45, 2.75) is 64.0 Å². The van der Waals surface area contributed by atoms with Crippen LogP contribution in [0.3, 0.4) is 0 Å². The highest BCUT2D eigenvalue weighted by molar-refractivity contribution is 9.10. The molecule has 1 aliphatic carbocycles. The average Bonchev–Trinajstić information content (AvgIpc) is 2.94. The lowest BCUT2D eigenvalue weighted by atomic mass is 9.87. The molecular weight excluding hydrogens is 362 g/mol. The third-order valence-electron chi connectivity index (χ3n) is 5.69. The molecule has 0 amide bonds. The summed E-state index contributed by atoms with van der Waals surface area (Å²) < 4.78 is 3.65. The first kappa shape index (κ1) is 16.2. The normalized spacial score (nSPS) is 28.1. The molecule has 1 aromatic carbocycles. The molecule has 0 spiro atoms. The smallest absolute Gasteiger partial charge is 0.132 e. The summed E-state index contributed by atoms with van der Waals surface area (Å²) in [6.45, 7) is 6.54. The van der Waals surface area contributed by atoms with E-state index < -0.39 is 0 Å². The fourth-order valence-electron chi connectivity index (χ4n) is 4.32. The van der Waals surface area contributed by atoms with Gasteiger partial charge < -0.3 is 9.88 Å². The molecule has 2 fully saturated rings. The van der Waals surface area contributed by atoms with Crippen LogP contribution in [0.4, 0.5) is 0 Å². The third-order valence-corrected chi connectivity index (χ3v) is 6.18. The topological polar surface area (TPSA) is 29.9 Å². The van der Waals surface area contributed by atoms with E-state index in [1.807, 2.05) is 0 Å². The number of allylic oxidation sites excluding steroid dienone is 1. The zero-order valence-electron chi connectivity index (χ0n) is 14.4. The van der Waals surface area contributed by atoms with Crippen molar-refractivity contribution in [2.75, 3.05) is 0 Å². The summed E-state index contributed by atoms with van der Waals surface area (Å²) in [7, 11) is 0. The molecule has 2 aliphatic rings. The number of hydrogen-bond donors (Lipinski definition) is 1. The van der Waals surface area contributed by atoms with Crippen LogP contribution in [0.5, 0.6) is 0 Å². The Labute approximate surface area is 152 Å². The number of imidazole rings is 1. The first-order valence-corrected chi connectivity index (χ1v) is 10.0. The van der Waals surface area contributed by atoms with Crippen LogP contribution < -0.4 is 5.32 Å². The van der Waals surface area contributed by atoms with Gasteiger partial charge in [-0.3, -0.25) is 0 Å². The van der Waals surface area contributed by atoms with Gasteiger partial charge >= 0.3 is 0 Å². The molecule has 2 aromatic rings. The van der Waals surface area contributed by atoms with Crippen LogP contribution in [0.15, 0.2) is 34.9 Å². The molecule has 1 N–H and O–H groups in total.